The van der Waals surface area contributed by atoms with Crippen LogP contribution >= 0.6 is 0 Å². The Morgan fingerprint density at radius 3 is 2.07 bits per heavy atom. The summed E-state index contributed by atoms with van der Waals surface area (Å²) in [5.41, 5.74) is 1.90. The molecule has 0 heterocycles. The van der Waals surface area contributed by atoms with Crippen molar-refractivity contribution in [3.05, 3.63) is 65.5 Å². The number of rotatable bonds is 9. The van der Waals surface area contributed by atoms with Gasteiger partial charge in [0.2, 0.25) is 11.8 Å². The Morgan fingerprint density at radius 2 is 1.50 bits per heavy atom. The van der Waals surface area contributed by atoms with E-state index in [0.29, 0.717) is 24.3 Å². The van der Waals surface area contributed by atoms with E-state index in [9.17, 15) is 18.8 Å². The van der Waals surface area contributed by atoms with Gasteiger partial charge in [0.15, 0.2) is 0 Å². The number of nitrogens with zero attached hydrogens (tertiary/aromatic N) is 2. The summed E-state index contributed by atoms with van der Waals surface area (Å²) in [5, 5.41) is 5.53. The van der Waals surface area contributed by atoms with Crippen molar-refractivity contribution in [2.24, 2.45) is 0 Å². The van der Waals surface area contributed by atoms with Gasteiger partial charge in [0, 0.05) is 31.9 Å². The number of hydrogen-bond donors (Lipinski definition) is 2. The molecule has 0 aromatic heterocycles. The van der Waals surface area contributed by atoms with Crippen molar-refractivity contribution in [3.8, 4) is 0 Å². The second kappa shape index (κ2) is 11.1. The van der Waals surface area contributed by atoms with Gasteiger partial charge in [0.05, 0.1) is 13.1 Å². The number of benzene rings is 2. The second-order valence-corrected chi connectivity index (χ2v) is 7.03. The van der Waals surface area contributed by atoms with Gasteiger partial charge < -0.3 is 15.5 Å². The molecule has 2 N–H and O–H groups in total. The van der Waals surface area contributed by atoms with E-state index >= 15 is 0 Å². The monoisotopic (exact) mass is 414 g/mol. The summed E-state index contributed by atoms with van der Waals surface area (Å²) >= 11 is 0. The number of anilines is 1. The fraction of sp³-hybridized carbons (Fsp3) is 0.318. The summed E-state index contributed by atoms with van der Waals surface area (Å²) in [4.78, 5) is 39.5. The fourth-order valence-electron chi connectivity index (χ4n) is 2.70. The maximum Gasteiger partial charge on any atom is 0.253 e. The Kier molecular flexibility index (Phi) is 8.49. The SMILES string of the molecule is CCN(CC(=O)NCc1ccc(F)cc1)CC(=O)Nc1ccc(C(=O)N(C)C)cc1. The van der Waals surface area contributed by atoms with Crippen LogP contribution in [0.5, 0.6) is 0 Å². The molecule has 2 rings (SSSR count). The van der Waals surface area contributed by atoms with Crippen molar-refractivity contribution in [2.75, 3.05) is 39.0 Å². The van der Waals surface area contributed by atoms with Gasteiger partial charge in [-0.25, -0.2) is 4.39 Å². The average molecular weight is 414 g/mol. The Bertz CT molecular complexity index is 867. The molecule has 0 saturated carbocycles. The minimum Gasteiger partial charge on any atom is -0.351 e. The lowest BCUT2D eigenvalue weighted by atomic mass is 10.2. The first-order valence-electron chi connectivity index (χ1n) is 9.63. The van der Waals surface area contributed by atoms with Crippen molar-refractivity contribution in [3.63, 3.8) is 0 Å². The van der Waals surface area contributed by atoms with Crippen LogP contribution in [-0.4, -0.2) is 61.3 Å². The number of halogens is 1. The smallest absolute Gasteiger partial charge is 0.253 e. The first-order valence-corrected chi connectivity index (χ1v) is 9.63. The minimum absolute atomic E-state index is 0.0544. The number of carbonyl (C=O) groups is 3. The molecular weight excluding hydrogens is 387 g/mol. The average Bonchev–Trinajstić information content (AvgIpc) is 2.72. The molecule has 0 unspecified atom stereocenters. The second-order valence-electron chi connectivity index (χ2n) is 7.03. The van der Waals surface area contributed by atoms with Crippen LogP contribution in [0.3, 0.4) is 0 Å². The predicted molar refractivity (Wildman–Crippen MR) is 113 cm³/mol. The van der Waals surface area contributed by atoms with Crippen LogP contribution in [0.4, 0.5) is 10.1 Å². The Balaban J connectivity index is 1.81. The molecule has 8 heteroatoms. The molecule has 0 fully saturated rings. The zero-order valence-corrected chi connectivity index (χ0v) is 17.4. The highest BCUT2D eigenvalue weighted by Gasteiger charge is 2.14. The first kappa shape index (κ1) is 23.0. The van der Waals surface area contributed by atoms with E-state index in [2.05, 4.69) is 10.6 Å². The minimum atomic E-state index is -0.327. The van der Waals surface area contributed by atoms with Gasteiger partial charge in [-0.2, -0.15) is 0 Å². The van der Waals surface area contributed by atoms with Crippen molar-refractivity contribution in [2.45, 2.75) is 13.5 Å². The van der Waals surface area contributed by atoms with E-state index in [1.54, 1.807) is 55.4 Å². The molecule has 2 aromatic rings. The highest BCUT2D eigenvalue weighted by atomic mass is 19.1. The number of nitrogens with one attached hydrogen (secondary N) is 2. The van der Waals surface area contributed by atoms with Gasteiger partial charge in [-0.3, -0.25) is 19.3 Å². The summed E-state index contributed by atoms with van der Waals surface area (Å²) in [6.07, 6.45) is 0. The maximum absolute atomic E-state index is 12.9. The van der Waals surface area contributed by atoms with Gasteiger partial charge in [-0.1, -0.05) is 19.1 Å². The van der Waals surface area contributed by atoms with Crippen LogP contribution in [0.1, 0.15) is 22.8 Å². The third kappa shape index (κ3) is 7.29. The molecule has 0 radical (unpaired) electrons. The molecule has 0 bridgehead atoms. The van der Waals surface area contributed by atoms with Crippen LogP contribution in [0, 0.1) is 5.82 Å². The lowest BCUT2D eigenvalue weighted by Gasteiger charge is -2.19. The van der Waals surface area contributed by atoms with Gasteiger partial charge in [0.25, 0.3) is 5.91 Å². The van der Waals surface area contributed by atoms with Crippen LogP contribution in [-0.2, 0) is 16.1 Å². The molecule has 0 saturated heterocycles. The van der Waals surface area contributed by atoms with E-state index in [4.69, 9.17) is 0 Å². The molecule has 0 aliphatic rings. The Labute approximate surface area is 175 Å². The zero-order chi connectivity index (χ0) is 22.1. The third-order valence-electron chi connectivity index (χ3n) is 4.41. The summed E-state index contributed by atoms with van der Waals surface area (Å²) in [6.45, 7) is 2.80. The standard InChI is InChI=1S/C22H27FN4O3/c1-4-27(14-20(28)24-13-16-5-9-18(23)10-6-16)15-21(29)25-19-11-7-17(8-12-19)22(30)26(2)3/h5-12H,4,13-15H2,1-3H3,(H,24,28)(H,25,29). The van der Waals surface area contributed by atoms with E-state index in [1.165, 1.54) is 17.0 Å². The highest BCUT2D eigenvalue weighted by molar-refractivity contribution is 5.96. The van der Waals surface area contributed by atoms with E-state index < -0.39 is 0 Å². The van der Waals surface area contributed by atoms with E-state index in [1.807, 2.05) is 6.92 Å². The van der Waals surface area contributed by atoms with Gasteiger partial charge in [0.1, 0.15) is 5.82 Å². The maximum atomic E-state index is 12.9. The number of hydrogen-bond acceptors (Lipinski definition) is 4. The molecule has 0 atom stereocenters. The molecule has 30 heavy (non-hydrogen) atoms. The molecule has 2 aromatic carbocycles. The van der Waals surface area contributed by atoms with Crippen LogP contribution < -0.4 is 10.6 Å². The topological polar surface area (TPSA) is 81.8 Å². The van der Waals surface area contributed by atoms with Crippen molar-refractivity contribution < 1.29 is 18.8 Å². The van der Waals surface area contributed by atoms with Crippen LogP contribution in [0.2, 0.25) is 0 Å². The molecule has 0 spiro atoms. The normalized spacial score (nSPS) is 10.6. The molecule has 3 amide bonds. The van der Waals surface area contributed by atoms with Gasteiger partial charge >= 0.3 is 0 Å². The van der Waals surface area contributed by atoms with E-state index in [-0.39, 0.29) is 36.6 Å². The van der Waals surface area contributed by atoms with E-state index in [0.717, 1.165) is 5.56 Å². The van der Waals surface area contributed by atoms with Crippen LogP contribution in [0.25, 0.3) is 0 Å². The predicted octanol–water partition coefficient (Wildman–Crippen LogP) is 2.10. The molecule has 7 nitrogen and oxygen atoms in total. The largest absolute Gasteiger partial charge is 0.351 e. The van der Waals surface area contributed by atoms with Crippen molar-refractivity contribution >= 4 is 23.4 Å². The number of likely N-dealkylation sites (N-methyl/N-ethyl adjacent to an activating group) is 1. The number of amides is 3. The van der Waals surface area contributed by atoms with Crippen molar-refractivity contribution in [1.82, 2.24) is 15.1 Å². The zero-order valence-electron chi connectivity index (χ0n) is 17.4. The third-order valence-corrected chi connectivity index (χ3v) is 4.41. The van der Waals surface area contributed by atoms with Crippen molar-refractivity contribution in [1.29, 1.82) is 0 Å². The highest BCUT2D eigenvalue weighted by Crippen LogP contribution is 2.11. The summed E-state index contributed by atoms with van der Waals surface area (Å²) in [6, 6.07) is 12.5. The lowest BCUT2D eigenvalue weighted by Crippen LogP contribution is -2.40. The van der Waals surface area contributed by atoms with Gasteiger partial charge in [-0.15, -0.1) is 0 Å². The quantitative estimate of drug-likeness (QED) is 0.659. The lowest BCUT2D eigenvalue weighted by molar-refractivity contribution is -0.123. The molecule has 0 aliphatic heterocycles. The van der Waals surface area contributed by atoms with Gasteiger partial charge in [-0.05, 0) is 48.5 Å². The fourth-order valence-corrected chi connectivity index (χ4v) is 2.70. The number of carbonyl (C=O) groups excluding carboxylic acids is 3. The summed E-state index contributed by atoms with van der Waals surface area (Å²) in [7, 11) is 3.35. The molecular formula is C22H27FN4O3. The van der Waals surface area contributed by atoms with Crippen LogP contribution in [0.15, 0.2) is 48.5 Å². The molecule has 0 aliphatic carbocycles. The first-order chi connectivity index (χ1) is 14.3. The summed E-state index contributed by atoms with van der Waals surface area (Å²) < 4.78 is 12.9. The summed E-state index contributed by atoms with van der Waals surface area (Å²) in [5.74, 6) is -0.917. The molecule has 160 valence electrons. The Hall–Kier alpha value is -3.26. The Morgan fingerprint density at radius 1 is 0.900 bits per heavy atom.